The Morgan fingerprint density at radius 2 is 2.16 bits per heavy atom. The van der Waals surface area contributed by atoms with Crippen molar-refractivity contribution in [1.29, 1.82) is 0 Å². The molecule has 100 valence electrons. The summed E-state index contributed by atoms with van der Waals surface area (Å²) in [7, 11) is 0. The summed E-state index contributed by atoms with van der Waals surface area (Å²) in [6.45, 7) is 2.12. The van der Waals surface area contributed by atoms with Gasteiger partial charge in [0.05, 0.1) is 6.26 Å². The zero-order valence-corrected chi connectivity index (χ0v) is 10.4. The van der Waals surface area contributed by atoms with Crippen LogP contribution in [-0.4, -0.2) is 11.1 Å². The van der Waals surface area contributed by atoms with Crippen molar-refractivity contribution in [2.45, 2.75) is 19.5 Å². The fourth-order valence-electron chi connectivity index (χ4n) is 1.86. The lowest BCUT2D eigenvalue weighted by Gasteiger charge is -2.14. The first-order chi connectivity index (χ1) is 9.09. The minimum atomic E-state index is -1.11. The van der Waals surface area contributed by atoms with E-state index >= 15 is 0 Å². The summed E-state index contributed by atoms with van der Waals surface area (Å²) < 4.78 is 18.4. The second-order valence-electron chi connectivity index (χ2n) is 4.20. The molecule has 5 heteroatoms. The number of carboxylic acids is 1. The van der Waals surface area contributed by atoms with Crippen LogP contribution in [0, 0.1) is 5.82 Å². The van der Waals surface area contributed by atoms with Gasteiger partial charge in [0.1, 0.15) is 5.82 Å². The Labute approximate surface area is 109 Å². The predicted molar refractivity (Wildman–Crippen MR) is 67.3 cm³/mol. The van der Waals surface area contributed by atoms with Crippen molar-refractivity contribution in [2.75, 3.05) is 0 Å². The lowest BCUT2D eigenvalue weighted by atomic mass is 10.1. The molecule has 0 radical (unpaired) electrons. The van der Waals surface area contributed by atoms with Gasteiger partial charge < -0.3 is 14.8 Å². The standard InChI is InChI=1S/C14H14FNO3/c1-9(11-4-2-3-5-12(11)15)16-8-10-6-7-19-13(10)14(17)18/h2-7,9,16H,8H2,1H3,(H,17,18)/t9-/m1/s1. The zero-order valence-electron chi connectivity index (χ0n) is 10.4. The summed E-state index contributed by atoms with van der Waals surface area (Å²) in [5, 5.41) is 12.0. The van der Waals surface area contributed by atoms with Gasteiger partial charge >= 0.3 is 5.97 Å². The molecule has 0 aliphatic heterocycles. The maximum absolute atomic E-state index is 13.6. The van der Waals surface area contributed by atoms with Crippen molar-refractivity contribution in [2.24, 2.45) is 0 Å². The van der Waals surface area contributed by atoms with E-state index in [2.05, 4.69) is 5.32 Å². The number of benzene rings is 1. The summed E-state index contributed by atoms with van der Waals surface area (Å²) in [6, 6.07) is 7.85. The molecule has 2 aromatic rings. The fourth-order valence-corrected chi connectivity index (χ4v) is 1.86. The third-order valence-electron chi connectivity index (χ3n) is 2.91. The van der Waals surface area contributed by atoms with Gasteiger partial charge in [-0.1, -0.05) is 18.2 Å². The van der Waals surface area contributed by atoms with Crippen LogP contribution in [0.25, 0.3) is 0 Å². The highest BCUT2D eigenvalue weighted by Gasteiger charge is 2.15. The summed E-state index contributed by atoms with van der Waals surface area (Å²) in [4.78, 5) is 10.9. The number of hydrogen-bond acceptors (Lipinski definition) is 3. The number of nitrogens with one attached hydrogen (secondary N) is 1. The number of aromatic carboxylic acids is 1. The van der Waals surface area contributed by atoms with E-state index in [4.69, 9.17) is 9.52 Å². The molecule has 0 saturated carbocycles. The number of rotatable bonds is 5. The highest BCUT2D eigenvalue weighted by molar-refractivity contribution is 5.86. The molecule has 0 amide bonds. The molecule has 0 unspecified atom stereocenters. The van der Waals surface area contributed by atoms with E-state index in [0.717, 1.165) is 0 Å². The molecule has 1 aromatic heterocycles. The zero-order chi connectivity index (χ0) is 13.8. The van der Waals surface area contributed by atoms with Gasteiger partial charge in [-0.05, 0) is 19.1 Å². The van der Waals surface area contributed by atoms with Crippen LogP contribution >= 0.6 is 0 Å². The van der Waals surface area contributed by atoms with Crippen LogP contribution in [0.15, 0.2) is 41.0 Å². The van der Waals surface area contributed by atoms with Crippen molar-refractivity contribution in [3.05, 3.63) is 59.3 Å². The van der Waals surface area contributed by atoms with Gasteiger partial charge in [-0.2, -0.15) is 0 Å². The van der Waals surface area contributed by atoms with Crippen molar-refractivity contribution < 1.29 is 18.7 Å². The van der Waals surface area contributed by atoms with Crippen molar-refractivity contribution in [3.8, 4) is 0 Å². The SMILES string of the molecule is C[C@@H](NCc1ccoc1C(=O)O)c1ccccc1F. The van der Waals surface area contributed by atoms with Crippen molar-refractivity contribution in [3.63, 3.8) is 0 Å². The summed E-state index contributed by atoms with van der Waals surface area (Å²) in [5.74, 6) is -1.48. The van der Waals surface area contributed by atoms with Crippen LogP contribution in [0.1, 0.15) is 34.6 Å². The van der Waals surface area contributed by atoms with Gasteiger partial charge in [0, 0.05) is 23.7 Å². The van der Waals surface area contributed by atoms with E-state index in [-0.39, 0.29) is 17.6 Å². The van der Waals surface area contributed by atoms with E-state index in [0.29, 0.717) is 17.7 Å². The van der Waals surface area contributed by atoms with Gasteiger partial charge in [0.15, 0.2) is 0 Å². The van der Waals surface area contributed by atoms with Gasteiger partial charge in [0.2, 0.25) is 5.76 Å². The predicted octanol–water partition coefficient (Wildman–Crippen LogP) is 2.97. The Balaban J connectivity index is 2.05. The Kier molecular flexibility index (Phi) is 3.97. The van der Waals surface area contributed by atoms with Crippen molar-refractivity contribution >= 4 is 5.97 Å². The lowest BCUT2D eigenvalue weighted by Crippen LogP contribution is -2.20. The molecule has 0 saturated heterocycles. The molecular formula is C14H14FNO3. The molecule has 1 aromatic carbocycles. The Morgan fingerprint density at radius 1 is 1.42 bits per heavy atom. The first-order valence-electron chi connectivity index (χ1n) is 5.87. The average Bonchev–Trinajstić information content (AvgIpc) is 2.85. The lowest BCUT2D eigenvalue weighted by molar-refractivity contribution is 0.0660. The topological polar surface area (TPSA) is 62.5 Å². The highest BCUT2D eigenvalue weighted by atomic mass is 19.1. The van der Waals surface area contributed by atoms with Gasteiger partial charge in [0.25, 0.3) is 0 Å². The summed E-state index contributed by atoms with van der Waals surface area (Å²) in [6.07, 6.45) is 1.33. The quantitative estimate of drug-likeness (QED) is 0.870. The summed E-state index contributed by atoms with van der Waals surface area (Å²) in [5.41, 5.74) is 1.08. The molecule has 2 N–H and O–H groups in total. The van der Waals surface area contributed by atoms with Crippen LogP contribution in [0.5, 0.6) is 0 Å². The first-order valence-corrected chi connectivity index (χ1v) is 5.87. The number of carboxylic acid groups (broad SMARTS) is 1. The largest absolute Gasteiger partial charge is 0.475 e. The molecule has 0 aliphatic rings. The van der Waals surface area contributed by atoms with E-state index in [9.17, 15) is 9.18 Å². The highest BCUT2D eigenvalue weighted by Crippen LogP contribution is 2.18. The Hall–Kier alpha value is -2.14. The molecule has 2 rings (SSSR count). The first kappa shape index (κ1) is 13.3. The maximum atomic E-state index is 13.6. The maximum Gasteiger partial charge on any atom is 0.372 e. The smallest absolute Gasteiger partial charge is 0.372 e. The van der Waals surface area contributed by atoms with E-state index in [1.165, 1.54) is 12.3 Å². The van der Waals surface area contributed by atoms with Crippen LogP contribution < -0.4 is 5.32 Å². The molecule has 0 spiro atoms. The fraction of sp³-hybridized carbons (Fsp3) is 0.214. The molecule has 0 bridgehead atoms. The van der Waals surface area contributed by atoms with Crippen LogP contribution in [-0.2, 0) is 6.54 Å². The normalized spacial score (nSPS) is 12.3. The van der Waals surface area contributed by atoms with Gasteiger partial charge in [-0.3, -0.25) is 0 Å². The molecule has 4 nitrogen and oxygen atoms in total. The minimum Gasteiger partial charge on any atom is -0.475 e. The Morgan fingerprint density at radius 3 is 2.84 bits per heavy atom. The third kappa shape index (κ3) is 3.00. The number of hydrogen-bond donors (Lipinski definition) is 2. The van der Waals surface area contributed by atoms with E-state index in [1.807, 2.05) is 6.92 Å². The minimum absolute atomic E-state index is 0.0896. The number of furan rings is 1. The summed E-state index contributed by atoms with van der Waals surface area (Å²) >= 11 is 0. The monoisotopic (exact) mass is 263 g/mol. The van der Waals surface area contributed by atoms with Crippen LogP contribution in [0.4, 0.5) is 4.39 Å². The average molecular weight is 263 g/mol. The Bertz CT molecular complexity index is 580. The molecular weight excluding hydrogens is 249 g/mol. The molecule has 0 fully saturated rings. The number of halogens is 1. The van der Waals surface area contributed by atoms with Gasteiger partial charge in [-0.15, -0.1) is 0 Å². The molecule has 1 atom stereocenters. The second kappa shape index (κ2) is 5.67. The second-order valence-corrected chi connectivity index (χ2v) is 4.20. The third-order valence-corrected chi connectivity index (χ3v) is 2.91. The molecule has 0 aliphatic carbocycles. The van der Waals surface area contributed by atoms with E-state index < -0.39 is 5.97 Å². The van der Waals surface area contributed by atoms with E-state index in [1.54, 1.807) is 24.3 Å². The molecule has 19 heavy (non-hydrogen) atoms. The van der Waals surface area contributed by atoms with Crippen LogP contribution in [0.2, 0.25) is 0 Å². The molecule has 1 heterocycles. The van der Waals surface area contributed by atoms with Crippen LogP contribution in [0.3, 0.4) is 0 Å². The number of carbonyl (C=O) groups is 1. The van der Waals surface area contributed by atoms with Gasteiger partial charge in [-0.25, -0.2) is 9.18 Å². The van der Waals surface area contributed by atoms with Crippen molar-refractivity contribution in [1.82, 2.24) is 5.32 Å².